The molecule has 0 unspecified atom stereocenters. The van der Waals surface area contributed by atoms with Crippen LogP contribution in [0.15, 0.2) is 71.6 Å². The maximum Gasteiger partial charge on any atom is 0.253 e. The Hall–Kier alpha value is -2.74. The first-order chi connectivity index (χ1) is 14.8. The molecule has 4 rings (SSSR count). The lowest BCUT2D eigenvalue weighted by Gasteiger charge is -2.34. The van der Waals surface area contributed by atoms with Gasteiger partial charge in [-0.25, -0.2) is 8.42 Å². The second kappa shape index (κ2) is 8.78. The van der Waals surface area contributed by atoms with E-state index in [0.717, 1.165) is 22.9 Å². The number of hydrogen-bond acceptors (Lipinski definition) is 4. The summed E-state index contributed by atoms with van der Waals surface area (Å²) in [5.41, 5.74) is 1.78. The number of benzene rings is 3. The van der Waals surface area contributed by atoms with Crippen LogP contribution in [0.2, 0.25) is 0 Å². The molecule has 0 aliphatic carbocycles. The highest BCUT2D eigenvalue weighted by molar-refractivity contribution is 7.89. The van der Waals surface area contributed by atoms with Gasteiger partial charge >= 0.3 is 0 Å². The number of piperazine rings is 1. The topological polar surface area (TPSA) is 60.9 Å². The van der Waals surface area contributed by atoms with Gasteiger partial charge < -0.3 is 9.80 Å². The van der Waals surface area contributed by atoms with E-state index in [9.17, 15) is 13.2 Å². The van der Waals surface area contributed by atoms with Crippen LogP contribution >= 0.6 is 0 Å². The molecule has 1 aliphatic rings. The second-order valence-electron chi connectivity index (χ2n) is 8.14. The Kier molecular flexibility index (Phi) is 6.09. The SMILES string of the molecule is CN(C)Cc1ccc(C(=O)N2CCN(S(=O)(=O)c3ccc4ccccc4c3)CC2)cc1. The van der Waals surface area contributed by atoms with Gasteiger partial charge in [0.1, 0.15) is 0 Å². The van der Waals surface area contributed by atoms with Crippen molar-refractivity contribution < 1.29 is 13.2 Å². The maximum absolute atomic E-state index is 13.1. The number of amides is 1. The minimum Gasteiger partial charge on any atom is -0.336 e. The molecular formula is C24H27N3O3S. The van der Waals surface area contributed by atoms with Crippen molar-refractivity contribution in [2.75, 3.05) is 40.3 Å². The van der Waals surface area contributed by atoms with E-state index >= 15 is 0 Å². The molecule has 1 saturated heterocycles. The Morgan fingerprint density at radius 3 is 2.16 bits per heavy atom. The minimum atomic E-state index is -3.59. The van der Waals surface area contributed by atoms with Crippen LogP contribution in [0.1, 0.15) is 15.9 Å². The molecule has 0 atom stereocenters. The van der Waals surface area contributed by atoms with Crippen molar-refractivity contribution in [2.45, 2.75) is 11.4 Å². The molecule has 1 aliphatic heterocycles. The number of carbonyl (C=O) groups is 1. The summed E-state index contributed by atoms with van der Waals surface area (Å²) in [5.74, 6) is -0.0563. The molecule has 0 saturated carbocycles. The molecular weight excluding hydrogens is 410 g/mol. The van der Waals surface area contributed by atoms with Crippen LogP contribution in [0.4, 0.5) is 0 Å². The summed E-state index contributed by atoms with van der Waals surface area (Å²) in [6.07, 6.45) is 0. The number of nitrogens with zero attached hydrogens (tertiary/aromatic N) is 3. The molecule has 162 valence electrons. The molecule has 3 aromatic rings. The van der Waals surface area contributed by atoms with Crippen molar-refractivity contribution in [3.8, 4) is 0 Å². The number of sulfonamides is 1. The van der Waals surface area contributed by atoms with Gasteiger partial charge in [-0.05, 0) is 54.7 Å². The number of rotatable bonds is 5. The molecule has 0 spiro atoms. The quantitative estimate of drug-likeness (QED) is 0.616. The first-order valence-electron chi connectivity index (χ1n) is 10.4. The van der Waals surface area contributed by atoms with Gasteiger partial charge in [0.05, 0.1) is 4.90 Å². The van der Waals surface area contributed by atoms with E-state index in [1.165, 1.54) is 4.31 Å². The fraction of sp³-hybridized carbons (Fsp3) is 0.292. The fourth-order valence-electron chi connectivity index (χ4n) is 3.91. The maximum atomic E-state index is 13.1. The zero-order chi connectivity index (χ0) is 22.0. The smallest absolute Gasteiger partial charge is 0.253 e. The normalized spacial score (nSPS) is 15.5. The number of carbonyl (C=O) groups excluding carboxylic acids is 1. The summed E-state index contributed by atoms with van der Waals surface area (Å²) in [7, 11) is 0.415. The Labute approximate surface area is 183 Å². The predicted octanol–water partition coefficient (Wildman–Crippen LogP) is 3.05. The van der Waals surface area contributed by atoms with Crippen LogP contribution < -0.4 is 0 Å². The third kappa shape index (κ3) is 4.63. The van der Waals surface area contributed by atoms with Crippen LogP contribution in [0.3, 0.4) is 0 Å². The first kappa shape index (κ1) is 21.5. The highest BCUT2D eigenvalue weighted by Crippen LogP contribution is 2.23. The molecule has 1 amide bonds. The first-order valence-corrected chi connectivity index (χ1v) is 11.8. The van der Waals surface area contributed by atoms with Crippen molar-refractivity contribution in [3.63, 3.8) is 0 Å². The fourth-order valence-corrected chi connectivity index (χ4v) is 5.37. The molecule has 7 heteroatoms. The monoisotopic (exact) mass is 437 g/mol. The summed E-state index contributed by atoms with van der Waals surface area (Å²) in [5, 5.41) is 1.91. The molecule has 0 bridgehead atoms. The van der Waals surface area contributed by atoms with Crippen molar-refractivity contribution >= 4 is 26.7 Å². The van der Waals surface area contributed by atoms with E-state index < -0.39 is 10.0 Å². The van der Waals surface area contributed by atoms with Crippen molar-refractivity contribution in [1.82, 2.24) is 14.1 Å². The van der Waals surface area contributed by atoms with Gasteiger partial charge in [0.15, 0.2) is 0 Å². The zero-order valence-electron chi connectivity index (χ0n) is 17.9. The zero-order valence-corrected chi connectivity index (χ0v) is 18.7. The Bertz CT molecular complexity index is 1180. The molecule has 0 N–H and O–H groups in total. The number of fused-ring (bicyclic) bond motifs is 1. The molecule has 0 radical (unpaired) electrons. The minimum absolute atomic E-state index is 0.0563. The van der Waals surface area contributed by atoms with E-state index in [1.807, 2.05) is 68.7 Å². The highest BCUT2D eigenvalue weighted by Gasteiger charge is 2.30. The van der Waals surface area contributed by atoms with Crippen LogP contribution in [0.5, 0.6) is 0 Å². The lowest BCUT2D eigenvalue weighted by Crippen LogP contribution is -2.50. The average Bonchev–Trinajstić information content (AvgIpc) is 2.78. The summed E-state index contributed by atoms with van der Waals surface area (Å²) in [6.45, 7) is 2.16. The second-order valence-corrected chi connectivity index (χ2v) is 10.1. The standard InChI is InChI=1S/C24H27N3O3S/c1-25(2)18-19-7-9-21(10-8-19)24(28)26-13-15-27(16-14-26)31(29,30)23-12-11-20-5-3-4-6-22(20)17-23/h3-12,17H,13-16,18H2,1-2H3. The van der Waals surface area contributed by atoms with Gasteiger partial charge in [-0.3, -0.25) is 4.79 Å². The van der Waals surface area contributed by atoms with Gasteiger partial charge in [0.25, 0.3) is 5.91 Å². The van der Waals surface area contributed by atoms with E-state index in [2.05, 4.69) is 4.90 Å². The van der Waals surface area contributed by atoms with E-state index in [0.29, 0.717) is 36.6 Å². The summed E-state index contributed by atoms with van der Waals surface area (Å²) in [6, 6.07) is 20.5. The molecule has 3 aromatic carbocycles. The Balaban J connectivity index is 1.43. The summed E-state index contributed by atoms with van der Waals surface area (Å²) >= 11 is 0. The van der Waals surface area contributed by atoms with Crippen LogP contribution in [-0.2, 0) is 16.6 Å². The lowest BCUT2D eigenvalue weighted by molar-refractivity contribution is 0.0698. The molecule has 31 heavy (non-hydrogen) atoms. The molecule has 6 nitrogen and oxygen atoms in total. The van der Waals surface area contributed by atoms with Crippen LogP contribution in [0.25, 0.3) is 10.8 Å². The van der Waals surface area contributed by atoms with Gasteiger partial charge in [-0.15, -0.1) is 0 Å². The molecule has 0 aromatic heterocycles. The van der Waals surface area contributed by atoms with Crippen molar-refractivity contribution in [1.29, 1.82) is 0 Å². The van der Waals surface area contributed by atoms with Crippen molar-refractivity contribution in [3.05, 3.63) is 77.9 Å². The Morgan fingerprint density at radius 1 is 0.871 bits per heavy atom. The third-order valence-corrected chi connectivity index (χ3v) is 7.48. The molecule has 1 fully saturated rings. The third-order valence-electron chi connectivity index (χ3n) is 5.58. The summed E-state index contributed by atoms with van der Waals surface area (Å²) in [4.78, 5) is 17.0. The molecule has 1 heterocycles. The largest absolute Gasteiger partial charge is 0.336 e. The van der Waals surface area contributed by atoms with Gasteiger partial charge in [-0.1, -0.05) is 42.5 Å². The predicted molar refractivity (Wildman–Crippen MR) is 122 cm³/mol. The summed E-state index contributed by atoms with van der Waals surface area (Å²) < 4.78 is 27.7. The van der Waals surface area contributed by atoms with Crippen molar-refractivity contribution in [2.24, 2.45) is 0 Å². The number of hydrogen-bond donors (Lipinski definition) is 0. The average molecular weight is 438 g/mol. The van der Waals surface area contributed by atoms with Gasteiger partial charge in [-0.2, -0.15) is 4.31 Å². The van der Waals surface area contributed by atoms with E-state index in [-0.39, 0.29) is 5.91 Å². The highest BCUT2D eigenvalue weighted by atomic mass is 32.2. The van der Waals surface area contributed by atoms with Gasteiger partial charge in [0, 0.05) is 38.3 Å². The van der Waals surface area contributed by atoms with Crippen LogP contribution in [0, 0.1) is 0 Å². The van der Waals surface area contributed by atoms with Gasteiger partial charge in [0.2, 0.25) is 10.0 Å². The van der Waals surface area contributed by atoms with Crippen LogP contribution in [-0.4, -0.2) is 68.7 Å². The Morgan fingerprint density at radius 2 is 1.52 bits per heavy atom. The van der Waals surface area contributed by atoms with E-state index in [1.54, 1.807) is 17.0 Å². The van der Waals surface area contributed by atoms with E-state index in [4.69, 9.17) is 0 Å². The lowest BCUT2D eigenvalue weighted by atomic mass is 10.1.